The second kappa shape index (κ2) is 7.02. The third kappa shape index (κ3) is 3.41. The second-order valence-electron chi connectivity index (χ2n) is 6.15. The predicted molar refractivity (Wildman–Crippen MR) is 104 cm³/mol. The van der Waals surface area contributed by atoms with E-state index in [1.165, 1.54) is 0 Å². The van der Waals surface area contributed by atoms with Crippen LogP contribution < -0.4 is 5.32 Å². The topological polar surface area (TPSA) is 61.0 Å². The van der Waals surface area contributed by atoms with E-state index in [-0.39, 0.29) is 6.03 Å². The van der Waals surface area contributed by atoms with Gasteiger partial charge in [0.15, 0.2) is 0 Å². The largest absolute Gasteiger partial charge is 0.322 e. The van der Waals surface area contributed by atoms with Gasteiger partial charge in [-0.25, -0.2) is 4.79 Å². The Labute approximate surface area is 160 Å². The van der Waals surface area contributed by atoms with Crippen molar-refractivity contribution in [1.29, 1.82) is 0 Å². The monoisotopic (exact) mass is 386 g/mol. The minimum Gasteiger partial charge on any atom is -0.320 e. The van der Waals surface area contributed by atoms with Crippen molar-refractivity contribution in [3.8, 4) is 11.3 Å². The molecule has 0 radical (unpaired) electrons. The van der Waals surface area contributed by atoms with E-state index in [4.69, 9.17) is 23.2 Å². The van der Waals surface area contributed by atoms with Gasteiger partial charge in [0.05, 0.1) is 12.2 Å². The van der Waals surface area contributed by atoms with Crippen LogP contribution in [0, 0.1) is 0 Å². The molecular formula is C19H16Cl2N4O. The highest BCUT2D eigenvalue weighted by Gasteiger charge is 2.25. The number of fused-ring (bicyclic) bond motifs is 1. The molecule has 0 saturated heterocycles. The van der Waals surface area contributed by atoms with E-state index in [0.29, 0.717) is 28.8 Å². The third-order valence-corrected chi connectivity index (χ3v) is 4.86. The van der Waals surface area contributed by atoms with Crippen molar-refractivity contribution in [1.82, 2.24) is 15.1 Å². The van der Waals surface area contributed by atoms with Crippen molar-refractivity contribution in [3.05, 3.63) is 69.8 Å². The normalized spacial score (nSPS) is 13.4. The maximum Gasteiger partial charge on any atom is 0.322 e. The van der Waals surface area contributed by atoms with Gasteiger partial charge in [-0.1, -0.05) is 41.4 Å². The zero-order valence-corrected chi connectivity index (χ0v) is 15.3. The Morgan fingerprint density at radius 2 is 1.88 bits per heavy atom. The van der Waals surface area contributed by atoms with Gasteiger partial charge in [0.1, 0.15) is 0 Å². The summed E-state index contributed by atoms with van der Waals surface area (Å²) in [5, 5.41) is 11.7. The summed E-state index contributed by atoms with van der Waals surface area (Å²) in [6.07, 6.45) is 0.728. The fourth-order valence-corrected chi connectivity index (χ4v) is 3.49. The molecule has 2 N–H and O–H groups in total. The molecule has 4 rings (SSSR count). The van der Waals surface area contributed by atoms with Crippen LogP contribution in [-0.2, 0) is 13.0 Å². The van der Waals surface area contributed by atoms with E-state index in [2.05, 4.69) is 15.5 Å². The van der Waals surface area contributed by atoms with Gasteiger partial charge in [0.25, 0.3) is 0 Å². The highest BCUT2D eigenvalue weighted by Crippen LogP contribution is 2.30. The number of hydrogen-bond donors (Lipinski definition) is 2. The van der Waals surface area contributed by atoms with Crippen molar-refractivity contribution in [2.75, 3.05) is 11.9 Å². The molecule has 1 aliphatic rings. The van der Waals surface area contributed by atoms with Crippen LogP contribution in [0.4, 0.5) is 10.5 Å². The summed E-state index contributed by atoms with van der Waals surface area (Å²) < 4.78 is 0. The number of nitrogens with zero attached hydrogens (tertiary/aromatic N) is 2. The lowest BCUT2D eigenvalue weighted by Gasteiger charge is -2.27. The van der Waals surface area contributed by atoms with Gasteiger partial charge in [-0.15, -0.1) is 0 Å². The number of H-pyrrole nitrogens is 1. The number of carbonyl (C=O) groups excluding carboxylic acids is 1. The van der Waals surface area contributed by atoms with Gasteiger partial charge in [-0.3, -0.25) is 5.10 Å². The molecule has 26 heavy (non-hydrogen) atoms. The Morgan fingerprint density at radius 3 is 2.65 bits per heavy atom. The quantitative estimate of drug-likeness (QED) is 0.652. The van der Waals surface area contributed by atoms with Crippen LogP contribution in [0.5, 0.6) is 0 Å². The second-order valence-corrected chi connectivity index (χ2v) is 7.02. The number of rotatable bonds is 2. The van der Waals surface area contributed by atoms with Crippen LogP contribution in [0.25, 0.3) is 11.3 Å². The van der Waals surface area contributed by atoms with Gasteiger partial charge in [0.2, 0.25) is 0 Å². The molecule has 0 fully saturated rings. The lowest BCUT2D eigenvalue weighted by molar-refractivity contribution is 0.206. The van der Waals surface area contributed by atoms with Crippen LogP contribution in [0.1, 0.15) is 11.3 Å². The molecule has 0 spiro atoms. The first-order valence-corrected chi connectivity index (χ1v) is 8.99. The molecule has 0 unspecified atom stereocenters. The maximum absolute atomic E-state index is 12.6. The van der Waals surface area contributed by atoms with Gasteiger partial charge in [-0.2, -0.15) is 5.10 Å². The lowest BCUT2D eigenvalue weighted by Crippen LogP contribution is -2.38. The lowest BCUT2D eigenvalue weighted by atomic mass is 10.0. The van der Waals surface area contributed by atoms with E-state index in [1.807, 2.05) is 30.3 Å². The highest BCUT2D eigenvalue weighted by molar-refractivity contribution is 6.31. The minimum absolute atomic E-state index is 0.156. The van der Waals surface area contributed by atoms with Crippen LogP contribution in [0.2, 0.25) is 10.0 Å². The number of hydrogen-bond acceptors (Lipinski definition) is 2. The molecule has 1 aliphatic heterocycles. The Kier molecular flexibility index (Phi) is 4.57. The molecule has 5 nitrogen and oxygen atoms in total. The van der Waals surface area contributed by atoms with Gasteiger partial charge in [0, 0.05) is 45.5 Å². The van der Waals surface area contributed by atoms with Crippen molar-refractivity contribution in [3.63, 3.8) is 0 Å². The smallest absolute Gasteiger partial charge is 0.320 e. The number of aromatic nitrogens is 2. The van der Waals surface area contributed by atoms with E-state index < -0.39 is 0 Å². The minimum atomic E-state index is -0.156. The van der Waals surface area contributed by atoms with E-state index in [9.17, 15) is 4.79 Å². The molecule has 0 atom stereocenters. The highest BCUT2D eigenvalue weighted by atomic mass is 35.5. The average Bonchev–Trinajstić information content (AvgIpc) is 3.05. The summed E-state index contributed by atoms with van der Waals surface area (Å²) in [4.78, 5) is 14.4. The Morgan fingerprint density at radius 1 is 1.12 bits per heavy atom. The average molecular weight is 387 g/mol. The zero-order valence-electron chi connectivity index (χ0n) is 13.8. The van der Waals surface area contributed by atoms with Crippen molar-refractivity contribution in [2.45, 2.75) is 13.0 Å². The summed E-state index contributed by atoms with van der Waals surface area (Å²) in [6, 6.07) is 14.5. The van der Waals surface area contributed by atoms with Gasteiger partial charge in [-0.05, 0) is 30.3 Å². The molecule has 132 valence electrons. The van der Waals surface area contributed by atoms with Crippen molar-refractivity contribution >= 4 is 34.9 Å². The van der Waals surface area contributed by atoms with Crippen LogP contribution >= 0.6 is 23.2 Å². The molecule has 1 aromatic heterocycles. The number of halogens is 2. The SMILES string of the molecule is O=C(Nc1cccc(Cl)c1)N1CCc2[nH]nc(-c3cccc(Cl)c3)c2C1. The van der Waals surface area contributed by atoms with Gasteiger partial charge >= 0.3 is 6.03 Å². The maximum atomic E-state index is 12.6. The number of amides is 2. The fraction of sp³-hybridized carbons (Fsp3) is 0.158. The standard InChI is InChI=1S/C19H16Cl2N4O/c20-13-4-1-3-12(9-13)18-16-11-25(8-7-17(16)23-24-18)19(26)22-15-6-2-5-14(21)10-15/h1-6,9-10H,7-8,11H2,(H,22,26)(H,23,24). The first-order chi connectivity index (χ1) is 12.6. The number of nitrogens with one attached hydrogen (secondary N) is 2. The zero-order chi connectivity index (χ0) is 18.1. The summed E-state index contributed by atoms with van der Waals surface area (Å²) >= 11 is 12.1. The molecular weight excluding hydrogens is 371 g/mol. The molecule has 0 saturated carbocycles. The Hall–Kier alpha value is -2.50. The number of urea groups is 1. The first-order valence-electron chi connectivity index (χ1n) is 8.24. The molecule has 3 aromatic rings. The molecule has 2 heterocycles. The number of anilines is 1. The van der Waals surface area contributed by atoms with Crippen LogP contribution in [-0.4, -0.2) is 27.7 Å². The summed E-state index contributed by atoms with van der Waals surface area (Å²) in [7, 11) is 0. The third-order valence-electron chi connectivity index (χ3n) is 4.39. The molecule has 0 aliphatic carbocycles. The summed E-state index contributed by atoms with van der Waals surface area (Å²) in [5.41, 5.74) is 4.54. The van der Waals surface area contributed by atoms with E-state index >= 15 is 0 Å². The van der Waals surface area contributed by atoms with Crippen LogP contribution in [0.15, 0.2) is 48.5 Å². The van der Waals surface area contributed by atoms with Crippen molar-refractivity contribution in [2.24, 2.45) is 0 Å². The van der Waals surface area contributed by atoms with Crippen molar-refractivity contribution < 1.29 is 4.79 Å². The number of carbonyl (C=O) groups is 1. The number of benzene rings is 2. The molecule has 2 amide bonds. The number of aromatic amines is 1. The first kappa shape index (κ1) is 16.9. The fourth-order valence-electron chi connectivity index (χ4n) is 3.11. The summed E-state index contributed by atoms with van der Waals surface area (Å²) in [5.74, 6) is 0. The molecule has 0 bridgehead atoms. The predicted octanol–water partition coefficient (Wildman–Crippen LogP) is 4.97. The molecule has 2 aromatic carbocycles. The molecule has 7 heteroatoms. The van der Waals surface area contributed by atoms with Crippen LogP contribution in [0.3, 0.4) is 0 Å². The van der Waals surface area contributed by atoms with E-state index in [1.54, 1.807) is 23.1 Å². The van der Waals surface area contributed by atoms with E-state index in [0.717, 1.165) is 28.9 Å². The van der Waals surface area contributed by atoms with Gasteiger partial charge < -0.3 is 10.2 Å². The summed E-state index contributed by atoms with van der Waals surface area (Å²) in [6.45, 7) is 1.11. The Balaban J connectivity index is 1.55. The Bertz CT molecular complexity index is 970.